The van der Waals surface area contributed by atoms with Crippen molar-refractivity contribution >= 4 is 12.6 Å². The first-order valence-electron chi connectivity index (χ1n) is 7.43. The third-order valence-corrected chi connectivity index (χ3v) is 5.47. The van der Waals surface area contributed by atoms with Crippen molar-refractivity contribution in [2.24, 2.45) is 11.3 Å². The zero-order valence-corrected chi connectivity index (χ0v) is 12.8. The third kappa shape index (κ3) is 4.17. The number of ether oxygens (including phenoxy) is 1. The Balaban J connectivity index is 2.46. The van der Waals surface area contributed by atoms with E-state index in [4.69, 9.17) is 4.74 Å². The van der Waals surface area contributed by atoms with Gasteiger partial charge in [0.05, 0.1) is 12.7 Å². The molecule has 1 rings (SSSR count). The summed E-state index contributed by atoms with van der Waals surface area (Å²) in [6, 6.07) is 0. The van der Waals surface area contributed by atoms with Crippen molar-refractivity contribution in [1.82, 2.24) is 0 Å². The van der Waals surface area contributed by atoms with E-state index in [1.807, 2.05) is 0 Å². The van der Waals surface area contributed by atoms with E-state index in [1.165, 1.54) is 44.9 Å². The topological polar surface area (TPSA) is 9.23 Å². The second kappa shape index (κ2) is 7.68. The molecule has 0 aliphatic heterocycles. The van der Waals surface area contributed by atoms with Crippen LogP contribution in [0.3, 0.4) is 0 Å². The summed E-state index contributed by atoms with van der Waals surface area (Å²) in [5, 5.41) is 0. The molecule has 2 atom stereocenters. The van der Waals surface area contributed by atoms with Crippen molar-refractivity contribution in [1.29, 1.82) is 0 Å². The first kappa shape index (κ1) is 15.4. The number of hydrogen-bond acceptors (Lipinski definition) is 2. The van der Waals surface area contributed by atoms with E-state index in [9.17, 15) is 0 Å². The van der Waals surface area contributed by atoms with Gasteiger partial charge in [0.2, 0.25) is 0 Å². The lowest BCUT2D eigenvalue weighted by Gasteiger charge is -2.36. The van der Waals surface area contributed by atoms with Crippen LogP contribution in [0.2, 0.25) is 0 Å². The second-order valence-corrected chi connectivity index (χ2v) is 5.98. The quantitative estimate of drug-likeness (QED) is 0.651. The zero-order valence-electron chi connectivity index (χ0n) is 11.9. The Labute approximate surface area is 113 Å². The van der Waals surface area contributed by atoms with Crippen LogP contribution in [0, 0.1) is 11.3 Å². The largest absolute Gasteiger partial charge is 0.377 e. The van der Waals surface area contributed by atoms with Crippen LogP contribution in [0.15, 0.2) is 0 Å². The molecule has 0 bridgehead atoms. The molecule has 1 saturated carbocycles. The van der Waals surface area contributed by atoms with Crippen LogP contribution in [-0.2, 0) is 4.74 Å². The van der Waals surface area contributed by atoms with Crippen molar-refractivity contribution in [3.8, 4) is 0 Å². The highest BCUT2D eigenvalue weighted by Crippen LogP contribution is 2.33. The molecule has 1 nitrogen and oxygen atoms in total. The van der Waals surface area contributed by atoms with E-state index in [1.54, 1.807) is 0 Å². The fourth-order valence-electron chi connectivity index (χ4n) is 2.87. The molecule has 0 radical (unpaired) electrons. The minimum absolute atomic E-state index is 0.304. The van der Waals surface area contributed by atoms with E-state index < -0.39 is 0 Å². The molecule has 0 amide bonds. The van der Waals surface area contributed by atoms with Crippen molar-refractivity contribution < 1.29 is 4.74 Å². The summed E-state index contributed by atoms with van der Waals surface area (Å²) in [6.45, 7) is 7.74. The summed E-state index contributed by atoms with van der Waals surface area (Å²) >= 11 is 4.52. The smallest absolute Gasteiger partial charge is 0.0603 e. The molecule has 2 heteroatoms. The molecule has 1 aliphatic rings. The van der Waals surface area contributed by atoms with E-state index in [-0.39, 0.29) is 0 Å². The Kier molecular flexibility index (Phi) is 6.94. The van der Waals surface area contributed by atoms with Gasteiger partial charge in [0.15, 0.2) is 0 Å². The average Bonchev–Trinajstić information content (AvgIpc) is 2.41. The first-order chi connectivity index (χ1) is 8.21. The minimum Gasteiger partial charge on any atom is -0.377 e. The van der Waals surface area contributed by atoms with Crippen molar-refractivity contribution in [2.75, 3.05) is 12.4 Å². The van der Waals surface area contributed by atoms with E-state index in [0.29, 0.717) is 11.5 Å². The predicted molar refractivity (Wildman–Crippen MR) is 78.9 cm³/mol. The molecule has 1 fully saturated rings. The van der Waals surface area contributed by atoms with Crippen LogP contribution < -0.4 is 0 Å². The molecule has 0 spiro atoms. The van der Waals surface area contributed by atoms with Crippen LogP contribution in [0.4, 0.5) is 0 Å². The summed E-state index contributed by atoms with van der Waals surface area (Å²) in [5.74, 6) is 1.75. The summed E-state index contributed by atoms with van der Waals surface area (Å²) in [7, 11) is 0. The first-order valence-corrected chi connectivity index (χ1v) is 8.07. The maximum atomic E-state index is 6.28. The molecule has 17 heavy (non-hydrogen) atoms. The van der Waals surface area contributed by atoms with Gasteiger partial charge in [-0.2, -0.15) is 12.6 Å². The van der Waals surface area contributed by atoms with Crippen molar-refractivity contribution in [3.05, 3.63) is 0 Å². The normalized spacial score (nSPS) is 26.1. The lowest BCUT2D eigenvalue weighted by Crippen LogP contribution is -2.34. The maximum absolute atomic E-state index is 6.28. The molecular weight excluding hydrogens is 228 g/mol. The molecule has 102 valence electrons. The third-order valence-electron chi connectivity index (χ3n) is 4.80. The molecule has 0 heterocycles. The van der Waals surface area contributed by atoms with Crippen molar-refractivity contribution in [3.63, 3.8) is 0 Å². The zero-order chi connectivity index (χ0) is 12.7. The Morgan fingerprint density at radius 1 is 1.12 bits per heavy atom. The highest BCUT2D eigenvalue weighted by molar-refractivity contribution is 7.80. The highest BCUT2D eigenvalue weighted by Gasteiger charge is 2.29. The van der Waals surface area contributed by atoms with Gasteiger partial charge in [0.1, 0.15) is 0 Å². The van der Waals surface area contributed by atoms with E-state index in [2.05, 4.69) is 33.4 Å². The van der Waals surface area contributed by atoms with Gasteiger partial charge in [0, 0.05) is 5.41 Å². The lowest BCUT2D eigenvalue weighted by atomic mass is 9.83. The monoisotopic (exact) mass is 258 g/mol. The standard InChI is InChI=1S/C15H30OS/c1-4-13-9-7-8-10-14(13)16-11-15(5-2,6-3)12-17/h13-14,17H,4-12H2,1-3H3. The molecule has 0 aromatic rings. The highest BCUT2D eigenvalue weighted by atomic mass is 32.1. The summed E-state index contributed by atoms with van der Waals surface area (Å²) < 4.78 is 6.28. The van der Waals surface area contributed by atoms with Crippen molar-refractivity contribution in [2.45, 2.75) is 71.8 Å². The van der Waals surface area contributed by atoms with Crippen LogP contribution in [0.25, 0.3) is 0 Å². The fourth-order valence-corrected chi connectivity index (χ4v) is 3.41. The fraction of sp³-hybridized carbons (Fsp3) is 1.00. The van der Waals surface area contributed by atoms with Gasteiger partial charge in [-0.15, -0.1) is 0 Å². The van der Waals surface area contributed by atoms with Gasteiger partial charge in [-0.3, -0.25) is 0 Å². The minimum atomic E-state index is 0.304. The van der Waals surface area contributed by atoms with Gasteiger partial charge < -0.3 is 4.74 Å². The molecule has 0 N–H and O–H groups in total. The number of hydrogen-bond donors (Lipinski definition) is 1. The van der Waals surface area contributed by atoms with E-state index >= 15 is 0 Å². The molecule has 0 aromatic heterocycles. The second-order valence-electron chi connectivity index (χ2n) is 5.67. The van der Waals surface area contributed by atoms with Gasteiger partial charge in [-0.25, -0.2) is 0 Å². The van der Waals surface area contributed by atoms with E-state index in [0.717, 1.165) is 18.3 Å². The Morgan fingerprint density at radius 2 is 1.76 bits per heavy atom. The number of rotatable bonds is 7. The Morgan fingerprint density at radius 3 is 2.29 bits per heavy atom. The van der Waals surface area contributed by atoms with Crippen LogP contribution in [0.5, 0.6) is 0 Å². The molecule has 1 aliphatic carbocycles. The SMILES string of the molecule is CCC1CCCCC1OCC(CC)(CC)CS. The molecular formula is C15H30OS. The molecule has 0 saturated heterocycles. The molecule has 0 aromatic carbocycles. The lowest BCUT2D eigenvalue weighted by molar-refractivity contribution is -0.0503. The number of thiol groups is 1. The van der Waals surface area contributed by atoms with Gasteiger partial charge in [-0.05, 0) is 37.4 Å². The van der Waals surface area contributed by atoms with Gasteiger partial charge >= 0.3 is 0 Å². The summed E-state index contributed by atoms with van der Waals surface area (Å²) in [5.41, 5.74) is 0.304. The van der Waals surface area contributed by atoms with Crippen LogP contribution >= 0.6 is 12.6 Å². The summed E-state index contributed by atoms with van der Waals surface area (Å²) in [4.78, 5) is 0. The van der Waals surface area contributed by atoms with Crippen LogP contribution in [0.1, 0.15) is 65.7 Å². The van der Waals surface area contributed by atoms with Crippen LogP contribution in [-0.4, -0.2) is 18.5 Å². The maximum Gasteiger partial charge on any atom is 0.0603 e. The van der Waals surface area contributed by atoms with Gasteiger partial charge in [0.25, 0.3) is 0 Å². The molecule has 2 unspecified atom stereocenters. The average molecular weight is 258 g/mol. The van der Waals surface area contributed by atoms with Gasteiger partial charge in [-0.1, -0.05) is 40.0 Å². The Bertz CT molecular complexity index is 193. The summed E-state index contributed by atoms with van der Waals surface area (Å²) in [6.07, 6.45) is 9.54. The predicted octanol–water partition coefficient (Wildman–Crippen LogP) is 4.71. The Hall–Kier alpha value is 0.310.